The Balaban J connectivity index is 2.98. The number of aliphatic carboxylic acids is 1. The molecule has 0 radical (unpaired) electrons. The summed E-state index contributed by atoms with van der Waals surface area (Å²) in [7, 11) is 0. The van der Waals surface area contributed by atoms with E-state index in [1.807, 2.05) is 6.92 Å². The molecule has 4 nitrogen and oxygen atoms in total. The molecule has 0 bridgehead atoms. The molecule has 0 aliphatic rings. The Morgan fingerprint density at radius 2 is 2.18 bits per heavy atom. The van der Waals surface area contributed by atoms with Crippen molar-refractivity contribution in [1.29, 1.82) is 0 Å². The fourth-order valence-electron chi connectivity index (χ4n) is 1.52. The molecule has 96 valence electrons. The molecule has 5 heteroatoms. The summed E-state index contributed by atoms with van der Waals surface area (Å²) in [6.07, 6.45) is 1.80. The van der Waals surface area contributed by atoms with Gasteiger partial charge in [0.05, 0.1) is 5.75 Å². The molecule has 0 amide bonds. The Labute approximate surface area is 106 Å². The van der Waals surface area contributed by atoms with E-state index >= 15 is 0 Å². The van der Waals surface area contributed by atoms with Gasteiger partial charge < -0.3 is 9.67 Å². The van der Waals surface area contributed by atoms with E-state index in [0.717, 1.165) is 10.9 Å². The second kappa shape index (κ2) is 5.12. The molecular weight excluding hydrogens is 236 g/mol. The van der Waals surface area contributed by atoms with Gasteiger partial charge in [0.1, 0.15) is 0 Å². The van der Waals surface area contributed by atoms with Gasteiger partial charge in [-0.2, -0.15) is 0 Å². The van der Waals surface area contributed by atoms with Crippen LogP contribution in [-0.2, 0) is 4.79 Å². The highest BCUT2D eigenvalue weighted by molar-refractivity contribution is 7.99. The SMILES string of the molecule is Cc1cnc(SCC(=O)O)n1C(C)C(C)(C)C. The van der Waals surface area contributed by atoms with Crippen LogP contribution in [0.2, 0.25) is 0 Å². The minimum Gasteiger partial charge on any atom is -0.481 e. The summed E-state index contributed by atoms with van der Waals surface area (Å²) in [4.78, 5) is 14.9. The van der Waals surface area contributed by atoms with Gasteiger partial charge >= 0.3 is 5.97 Å². The minimum absolute atomic E-state index is 0.0489. The predicted octanol–water partition coefficient (Wildman–Crippen LogP) is 2.98. The van der Waals surface area contributed by atoms with E-state index in [-0.39, 0.29) is 17.2 Å². The number of carbonyl (C=O) groups is 1. The summed E-state index contributed by atoms with van der Waals surface area (Å²) in [5.41, 5.74) is 1.18. The first-order chi connectivity index (χ1) is 7.73. The molecule has 17 heavy (non-hydrogen) atoms. The van der Waals surface area contributed by atoms with Gasteiger partial charge in [0.25, 0.3) is 0 Å². The lowest BCUT2D eigenvalue weighted by Gasteiger charge is -2.30. The molecule has 1 N–H and O–H groups in total. The quantitative estimate of drug-likeness (QED) is 0.841. The molecule has 1 heterocycles. The van der Waals surface area contributed by atoms with Crippen LogP contribution in [-0.4, -0.2) is 26.4 Å². The van der Waals surface area contributed by atoms with Crippen molar-refractivity contribution < 1.29 is 9.90 Å². The lowest BCUT2D eigenvalue weighted by atomic mass is 9.88. The van der Waals surface area contributed by atoms with E-state index in [2.05, 4.69) is 37.2 Å². The van der Waals surface area contributed by atoms with Gasteiger partial charge in [-0.3, -0.25) is 4.79 Å². The number of imidazole rings is 1. The third-order valence-corrected chi connectivity index (χ3v) is 3.86. The molecule has 0 aliphatic heterocycles. The van der Waals surface area contributed by atoms with Crippen LogP contribution in [0.15, 0.2) is 11.4 Å². The monoisotopic (exact) mass is 256 g/mol. The largest absolute Gasteiger partial charge is 0.481 e. The van der Waals surface area contributed by atoms with Crippen molar-refractivity contribution in [3.05, 3.63) is 11.9 Å². The van der Waals surface area contributed by atoms with E-state index in [1.165, 1.54) is 11.8 Å². The standard InChI is InChI=1S/C12H20N2O2S/c1-8-6-13-11(17-7-10(15)16)14(8)9(2)12(3,4)5/h6,9H,7H2,1-5H3,(H,15,16). The van der Waals surface area contributed by atoms with E-state index in [0.29, 0.717) is 0 Å². The molecule has 0 aliphatic carbocycles. The van der Waals surface area contributed by atoms with Crippen molar-refractivity contribution in [3.63, 3.8) is 0 Å². The molecule has 0 spiro atoms. The van der Waals surface area contributed by atoms with Crippen LogP contribution in [0.4, 0.5) is 0 Å². The molecule has 0 aromatic carbocycles. The first-order valence-electron chi connectivity index (χ1n) is 5.62. The van der Waals surface area contributed by atoms with E-state index in [9.17, 15) is 4.79 Å². The number of carboxylic acid groups (broad SMARTS) is 1. The number of carboxylic acids is 1. The van der Waals surface area contributed by atoms with Crippen molar-refractivity contribution in [3.8, 4) is 0 Å². The third-order valence-electron chi connectivity index (χ3n) is 2.91. The van der Waals surface area contributed by atoms with Crippen molar-refractivity contribution in [2.45, 2.75) is 45.8 Å². The highest BCUT2D eigenvalue weighted by Gasteiger charge is 2.25. The molecule has 0 saturated carbocycles. The van der Waals surface area contributed by atoms with Gasteiger partial charge in [-0.05, 0) is 19.3 Å². The predicted molar refractivity (Wildman–Crippen MR) is 69.5 cm³/mol. The van der Waals surface area contributed by atoms with E-state index in [4.69, 9.17) is 5.11 Å². The van der Waals surface area contributed by atoms with Crippen molar-refractivity contribution in [2.24, 2.45) is 5.41 Å². The number of hydrogen-bond acceptors (Lipinski definition) is 3. The van der Waals surface area contributed by atoms with Crippen LogP contribution in [0.3, 0.4) is 0 Å². The Morgan fingerprint density at radius 1 is 1.59 bits per heavy atom. The molecule has 1 aromatic heterocycles. The maximum atomic E-state index is 10.6. The van der Waals surface area contributed by atoms with Crippen molar-refractivity contribution in [2.75, 3.05) is 5.75 Å². The van der Waals surface area contributed by atoms with Gasteiger partial charge in [-0.15, -0.1) is 0 Å². The van der Waals surface area contributed by atoms with Crippen LogP contribution >= 0.6 is 11.8 Å². The minimum atomic E-state index is -0.814. The van der Waals surface area contributed by atoms with Gasteiger partial charge in [0, 0.05) is 17.9 Å². The van der Waals surface area contributed by atoms with Gasteiger partial charge in [-0.1, -0.05) is 32.5 Å². The Kier molecular flexibility index (Phi) is 4.25. The van der Waals surface area contributed by atoms with Crippen LogP contribution in [0.1, 0.15) is 39.4 Å². The summed E-state index contributed by atoms with van der Waals surface area (Å²) < 4.78 is 2.12. The van der Waals surface area contributed by atoms with Crippen molar-refractivity contribution in [1.82, 2.24) is 9.55 Å². The van der Waals surface area contributed by atoms with Gasteiger partial charge in [-0.25, -0.2) is 4.98 Å². The number of thioether (sulfide) groups is 1. The van der Waals surface area contributed by atoms with Crippen LogP contribution in [0.5, 0.6) is 0 Å². The average Bonchev–Trinajstić information content (AvgIpc) is 2.54. The molecule has 1 unspecified atom stereocenters. The highest BCUT2D eigenvalue weighted by Crippen LogP contribution is 2.34. The number of aryl methyl sites for hydroxylation is 1. The summed E-state index contributed by atoms with van der Waals surface area (Å²) in [6, 6.07) is 0.279. The fraction of sp³-hybridized carbons (Fsp3) is 0.667. The summed E-state index contributed by atoms with van der Waals surface area (Å²) in [5.74, 6) is -0.765. The molecular formula is C12H20N2O2S. The zero-order valence-electron chi connectivity index (χ0n) is 11.0. The highest BCUT2D eigenvalue weighted by atomic mass is 32.2. The van der Waals surface area contributed by atoms with Gasteiger partial charge in [0.15, 0.2) is 5.16 Å². The van der Waals surface area contributed by atoms with E-state index in [1.54, 1.807) is 6.20 Å². The Morgan fingerprint density at radius 3 is 2.65 bits per heavy atom. The number of rotatable bonds is 4. The zero-order chi connectivity index (χ0) is 13.2. The lowest BCUT2D eigenvalue weighted by molar-refractivity contribution is -0.133. The third kappa shape index (κ3) is 3.49. The van der Waals surface area contributed by atoms with Crippen LogP contribution < -0.4 is 0 Å². The van der Waals surface area contributed by atoms with E-state index < -0.39 is 5.97 Å². The summed E-state index contributed by atoms with van der Waals surface area (Å²) in [6.45, 7) is 10.6. The lowest BCUT2D eigenvalue weighted by Crippen LogP contribution is -2.23. The zero-order valence-corrected chi connectivity index (χ0v) is 11.8. The second-order valence-electron chi connectivity index (χ2n) is 5.28. The first-order valence-corrected chi connectivity index (χ1v) is 6.60. The summed E-state index contributed by atoms with van der Waals surface area (Å²) >= 11 is 1.27. The fourth-order valence-corrected chi connectivity index (χ4v) is 2.34. The number of hydrogen-bond donors (Lipinski definition) is 1. The molecule has 1 aromatic rings. The maximum Gasteiger partial charge on any atom is 0.313 e. The second-order valence-corrected chi connectivity index (χ2v) is 6.22. The molecule has 0 fully saturated rings. The van der Waals surface area contributed by atoms with Gasteiger partial charge in [0.2, 0.25) is 0 Å². The number of aromatic nitrogens is 2. The van der Waals surface area contributed by atoms with Crippen LogP contribution in [0.25, 0.3) is 0 Å². The Hall–Kier alpha value is -0.970. The first kappa shape index (κ1) is 14.1. The number of nitrogens with zero attached hydrogens (tertiary/aromatic N) is 2. The normalized spacial score (nSPS) is 13.7. The molecule has 1 atom stereocenters. The summed E-state index contributed by atoms with van der Waals surface area (Å²) in [5, 5.41) is 9.50. The molecule has 1 rings (SSSR count). The van der Waals surface area contributed by atoms with Crippen LogP contribution in [0, 0.1) is 12.3 Å². The maximum absolute atomic E-state index is 10.6. The molecule has 0 saturated heterocycles. The smallest absolute Gasteiger partial charge is 0.313 e. The Bertz CT molecular complexity index is 407. The van der Waals surface area contributed by atoms with Crippen molar-refractivity contribution >= 4 is 17.7 Å². The average molecular weight is 256 g/mol. The topological polar surface area (TPSA) is 55.1 Å².